The first-order valence-electron chi connectivity index (χ1n) is 10.1. The number of benzene rings is 3. The predicted molar refractivity (Wildman–Crippen MR) is 123 cm³/mol. The van der Waals surface area contributed by atoms with Crippen LogP contribution >= 0.6 is 23.2 Å². The Hall–Kier alpha value is -3.09. The fourth-order valence-electron chi connectivity index (χ4n) is 3.92. The van der Waals surface area contributed by atoms with Crippen molar-refractivity contribution in [2.75, 3.05) is 13.2 Å². The van der Waals surface area contributed by atoms with Crippen LogP contribution in [0, 0.1) is 12.7 Å². The van der Waals surface area contributed by atoms with Crippen molar-refractivity contribution in [1.82, 2.24) is 14.9 Å². The van der Waals surface area contributed by atoms with E-state index in [4.69, 9.17) is 27.9 Å². The molecule has 1 N–H and O–H groups in total. The van der Waals surface area contributed by atoms with Gasteiger partial charge in [0, 0.05) is 12.1 Å². The van der Waals surface area contributed by atoms with Gasteiger partial charge in [0.15, 0.2) is 0 Å². The Balaban J connectivity index is 1.48. The van der Waals surface area contributed by atoms with E-state index in [1.165, 1.54) is 6.07 Å². The molecule has 0 saturated heterocycles. The van der Waals surface area contributed by atoms with Crippen LogP contribution in [0.15, 0.2) is 48.5 Å². The predicted octanol–water partition coefficient (Wildman–Crippen LogP) is 6.02. The number of hydrogen-bond donors (Lipinski definition) is 1. The largest absolute Gasteiger partial charge is 0.491 e. The highest BCUT2D eigenvalue weighted by Crippen LogP contribution is 2.32. The standard InChI is InChI=1S/C24H18Cl2FN3O2/c1-13-28-21-4-2-15(9-22(21)29-13)14-3-5-23-16(8-14)12-30(6-7-32-23)24(31)17-10-20(27)19(26)11-18(17)25/h2-5,8-11H,6-7,12H2,1H3,(H,28,29). The molecule has 0 spiro atoms. The molecule has 1 aromatic heterocycles. The molecular weight excluding hydrogens is 452 g/mol. The van der Waals surface area contributed by atoms with Gasteiger partial charge in [0.1, 0.15) is 24.0 Å². The number of halogens is 3. The Labute approximate surface area is 193 Å². The third-order valence-electron chi connectivity index (χ3n) is 5.50. The molecule has 5 rings (SSSR count). The Morgan fingerprint density at radius 3 is 2.72 bits per heavy atom. The summed E-state index contributed by atoms with van der Waals surface area (Å²) in [5.41, 5.74) is 4.80. The number of amides is 1. The number of H-pyrrole nitrogens is 1. The molecule has 32 heavy (non-hydrogen) atoms. The minimum atomic E-state index is -0.683. The highest BCUT2D eigenvalue weighted by Gasteiger charge is 2.24. The van der Waals surface area contributed by atoms with Crippen LogP contribution in [-0.2, 0) is 6.54 Å². The molecule has 0 atom stereocenters. The Morgan fingerprint density at radius 1 is 1.09 bits per heavy atom. The molecule has 0 saturated carbocycles. The number of aryl methyl sites for hydroxylation is 1. The lowest BCUT2D eigenvalue weighted by atomic mass is 10.0. The van der Waals surface area contributed by atoms with Crippen molar-refractivity contribution in [3.05, 3.63) is 81.3 Å². The Morgan fingerprint density at radius 2 is 1.88 bits per heavy atom. The van der Waals surface area contributed by atoms with Crippen molar-refractivity contribution in [2.45, 2.75) is 13.5 Å². The normalized spacial score (nSPS) is 13.6. The van der Waals surface area contributed by atoms with Gasteiger partial charge in [0.25, 0.3) is 5.91 Å². The van der Waals surface area contributed by atoms with Crippen LogP contribution in [0.5, 0.6) is 5.75 Å². The van der Waals surface area contributed by atoms with Crippen molar-refractivity contribution < 1.29 is 13.9 Å². The number of aromatic amines is 1. The van der Waals surface area contributed by atoms with Gasteiger partial charge in [-0.15, -0.1) is 0 Å². The molecule has 1 aliphatic rings. The summed E-state index contributed by atoms with van der Waals surface area (Å²) in [6, 6.07) is 14.3. The zero-order valence-corrected chi connectivity index (χ0v) is 18.6. The summed E-state index contributed by atoms with van der Waals surface area (Å²) in [6.07, 6.45) is 0. The maximum atomic E-state index is 14.0. The molecular formula is C24H18Cl2FN3O2. The number of hydrogen-bond acceptors (Lipinski definition) is 3. The Bertz CT molecular complexity index is 1370. The SMILES string of the molecule is Cc1nc2cc(-c3ccc4c(c3)CN(C(=O)c3cc(F)c(Cl)cc3Cl)CCO4)ccc2[nH]1. The van der Waals surface area contributed by atoms with E-state index in [1.54, 1.807) is 4.90 Å². The summed E-state index contributed by atoms with van der Waals surface area (Å²) in [5.74, 6) is 0.520. The van der Waals surface area contributed by atoms with Crippen molar-refractivity contribution in [1.29, 1.82) is 0 Å². The number of ether oxygens (including phenoxy) is 1. The number of nitrogens with zero attached hydrogens (tertiary/aromatic N) is 2. The van der Waals surface area contributed by atoms with Crippen LogP contribution < -0.4 is 4.74 Å². The van der Waals surface area contributed by atoms with Crippen LogP contribution in [0.25, 0.3) is 22.2 Å². The van der Waals surface area contributed by atoms with Gasteiger partial charge in [-0.25, -0.2) is 9.37 Å². The summed E-state index contributed by atoms with van der Waals surface area (Å²) in [5, 5.41) is -0.00653. The van der Waals surface area contributed by atoms with E-state index in [0.717, 1.165) is 39.6 Å². The van der Waals surface area contributed by atoms with Gasteiger partial charge in [-0.05, 0) is 54.4 Å². The van der Waals surface area contributed by atoms with Gasteiger partial charge >= 0.3 is 0 Å². The van der Waals surface area contributed by atoms with Crippen LogP contribution in [0.2, 0.25) is 10.0 Å². The van der Waals surface area contributed by atoms with Gasteiger partial charge < -0.3 is 14.6 Å². The first-order chi connectivity index (χ1) is 15.4. The van der Waals surface area contributed by atoms with E-state index < -0.39 is 5.82 Å². The molecule has 0 fully saturated rings. The van der Waals surface area contributed by atoms with Gasteiger partial charge in [-0.3, -0.25) is 4.79 Å². The fraction of sp³-hybridized carbons (Fsp3) is 0.167. The van der Waals surface area contributed by atoms with Crippen LogP contribution in [-0.4, -0.2) is 33.9 Å². The molecule has 162 valence electrons. The van der Waals surface area contributed by atoms with Crippen LogP contribution in [0.3, 0.4) is 0 Å². The summed E-state index contributed by atoms with van der Waals surface area (Å²) in [6.45, 7) is 2.91. The second-order valence-corrected chi connectivity index (χ2v) is 8.51. The number of rotatable bonds is 2. The molecule has 8 heteroatoms. The van der Waals surface area contributed by atoms with Crippen molar-refractivity contribution in [3.8, 4) is 16.9 Å². The molecule has 0 aliphatic carbocycles. The van der Waals surface area contributed by atoms with E-state index in [0.29, 0.717) is 25.4 Å². The monoisotopic (exact) mass is 469 g/mol. The first kappa shape index (κ1) is 20.8. The quantitative estimate of drug-likeness (QED) is 0.365. The van der Waals surface area contributed by atoms with Gasteiger partial charge in [-0.1, -0.05) is 35.3 Å². The lowest BCUT2D eigenvalue weighted by molar-refractivity contribution is 0.0733. The van der Waals surface area contributed by atoms with Gasteiger partial charge in [0.2, 0.25) is 0 Å². The molecule has 0 radical (unpaired) electrons. The van der Waals surface area contributed by atoms with Crippen molar-refractivity contribution in [2.24, 2.45) is 0 Å². The average Bonchev–Trinajstić information content (AvgIpc) is 3.01. The number of carbonyl (C=O) groups is 1. The minimum Gasteiger partial charge on any atom is -0.491 e. The summed E-state index contributed by atoms with van der Waals surface area (Å²) in [7, 11) is 0. The average molecular weight is 470 g/mol. The number of aromatic nitrogens is 2. The molecule has 4 aromatic rings. The third kappa shape index (κ3) is 3.80. The fourth-order valence-corrected chi connectivity index (χ4v) is 4.38. The zero-order chi connectivity index (χ0) is 22.4. The highest BCUT2D eigenvalue weighted by atomic mass is 35.5. The van der Waals surface area contributed by atoms with Crippen molar-refractivity contribution in [3.63, 3.8) is 0 Å². The summed E-state index contributed by atoms with van der Waals surface area (Å²) in [4.78, 5) is 22.4. The van der Waals surface area contributed by atoms with E-state index in [-0.39, 0.29) is 21.5 Å². The molecule has 3 aromatic carbocycles. The summed E-state index contributed by atoms with van der Waals surface area (Å²) >= 11 is 11.9. The smallest absolute Gasteiger partial charge is 0.255 e. The summed E-state index contributed by atoms with van der Waals surface area (Å²) < 4.78 is 19.8. The maximum Gasteiger partial charge on any atom is 0.255 e. The third-order valence-corrected chi connectivity index (χ3v) is 6.11. The highest BCUT2D eigenvalue weighted by molar-refractivity contribution is 6.36. The molecule has 5 nitrogen and oxygen atoms in total. The van der Waals surface area contributed by atoms with Crippen LogP contribution in [0.1, 0.15) is 21.7 Å². The number of imidazole rings is 1. The van der Waals surface area contributed by atoms with Gasteiger partial charge in [-0.2, -0.15) is 0 Å². The zero-order valence-electron chi connectivity index (χ0n) is 17.1. The molecule has 1 aliphatic heterocycles. The van der Waals surface area contributed by atoms with E-state index in [1.807, 2.05) is 43.3 Å². The first-order valence-corrected chi connectivity index (χ1v) is 10.8. The lowest BCUT2D eigenvalue weighted by Crippen LogP contribution is -2.32. The number of carbonyl (C=O) groups excluding carboxylic acids is 1. The van der Waals surface area contributed by atoms with E-state index in [9.17, 15) is 9.18 Å². The Kier molecular flexibility index (Phi) is 5.27. The second kappa shape index (κ2) is 8.11. The van der Waals surface area contributed by atoms with Gasteiger partial charge in [0.05, 0.1) is 33.2 Å². The minimum absolute atomic E-state index is 0.0764. The second-order valence-electron chi connectivity index (χ2n) is 7.70. The van der Waals surface area contributed by atoms with Crippen molar-refractivity contribution >= 4 is 40.1 Å². The maximum absolute atomic E-state index is 14.0. The molecule has 2 heterocycles. The number of nitrogens with one attached hydrogen (secondary N) is 1. The van der Waals surface area contributed by atoms with Crippen LogP contribution in [0.4, 0.5) is 4.39 Å². The molecule has 0 unspecified atom stereocenters. The lowest BCUT2D eigenvalue weighted by Gasteiger charge is -2.21. The number of fused-ring (bicyclic) bond motifs is 2. The molecule has 1 amide bonds. The van der Waals surface area contributed by atoms with E-state index in [2.05, 4.69) is 9.97 Å². The molecule has 0 bridgehead atoms. The van der Waals surface area contributed by atoms with E-state index >= 15 is 0 Å². The topological polar surface area (TPSA) is 58.2 Å².